The summed E-state index contributed by atoms with van der Waals surface area (Å²) in [5.74, 6) is -3.76. The van der Waals surface area contributed by atoms with Gasteiger partial charge in [0.05, 0.1) is 18.2 Å². The Bertz CT molecular complexity index is 269. The van der Waals surface area contributed by atoms with E-state index in [9.17, 15) is 8.78 Å². The summed E-state index contributed by atoms with van der Waals surface area (Å²) in [5.41, 5.74) is 0.505. The van der Waals surface area contributed by atoms with E-state index < -0.39 is 30.7 Å². The van der Waals surface area contributed by atoms with E-state index in [0.29, 0.717) is 5.71 Å². The molecule has 2 aliphatic rings. The number of hydrogen-bond acceptors (Lipinski definition) is 4. The molecule has 1 N–H and O–H groups in total. The van der Waals surface area contributed by atoms with E-state index in [1.165, 1.54) is 0 Å². The molecular weight excluding hydrogens is 196 g/mol. The lowest BCUT2D eigenvalue weighted by atomic mass is 9.91. The van der Waals surface area contributed by atoms with Crippen molar-refractivity contribution in [3.05, 3.63) is 0 Å². The predicted molar refractivity (Wildman–Crippen MR) is 43.2 cm³/mol. The third-order valence-electron chi connectivity index (χ3n) is 2.61. The minimum atomic E-state index is -3.23. The van der Waals surface area contributed by atoms with Crippen molar-refractivity contribution in [1.82, 2.24) is 0 Å². The average Bonchev–Trinajstić information content (AvgIpc) is 2.69. The minimum absolute atomic E-state index is 0.103. The molecule has 80 valence electrons. The van der Waals surface area contributed by atoms with Crippen LogP contribution in [0.3, 0.4) is 0 Å². The summed E-state index contributed by atoms with van der Waals surface area (Å²) in [7, 11) is 0. The second-order valence-corrected chi connectivity index (χ2v) is 3.58. The van der Waals surface area contributed by atoms with E-state index in [2.05, 4.69) is 5.16 Å². The third kappa shape index (κ3) is 1.29. The molecule has 0 saturated carbocycles. The van der Waals surface area contributed by atoms with Gasteiger partial charge >= 0.3 is 0 Å². The maximum Gasteiger partial charge on any atom is 0.296 e. The second-order valence-electron chi connectivity index (χ2n) is 3.58. The smallest absolute Gasteiger partial charge is 0.296 e. The van der Waals surface area contributed by atoms with Crippen molar-refractivity contribution in [3.63, 3.8) is 0 Å². The van der Waals surface area contributed by atoms with Crippen LogP contribution < -0.4 is 0 Å². The third-order valence-corrected chi connectivity index (χ3v) is 2.61. The van der Waals surface area contributed by atoms with Crippen LogP contribution in [-0.4, -0.2) is 42.2 Å². The Labute approximate surface area is 79.5 Å². The number of oxime groups is 1. The summed E-state index contributed by atoms with van der Waals surface area (Å²) in [6.07, 6.45) is -1.74. The highest BCUT2D eigenvalue weighted by molar-refractivity contribution is 5.86. The zero-order valence-electron chi connectivity index (χ0n) is 7.61. The largest absolute Gasteiger partial charge is 0.390 e. The average molecular weight is 207 g/mol. The Kier molecular flexibility index (Phi) is 2.19. The molecule has 0 unspecified atom stereocenters. The summed E-state index contributed by atoms with van der Waals surface area (Å²) in [4.78, 5) is 4.91. The number of rotatable bonds is 2. The predicted octanol–water partition coefficient (Wildman–Crippen LogP) is 0.404. The van der Waals surface area contributed by atoms with Crippen LogP contribution in [0, 0.1) is 5.92 Å². The van der Waals surface area contributed by atoms with Gasteiger partial charge in [-0.1, -0.05) is 5.16 Å². The van der Waals surface area contributed by atoms with Gasteiger partial charge in [-0.2, -0.15) is 0 Å². The molecule has 0 amide bonds. The van der Waals surface area contributed by atoms with Crippen LogP contribution in [0.25, 0.3) is 0 Å². The molecule has 14 heavy (non-hydrogen) atoms. The topological polar surface area (TPSA) is 51.0 Å². The summed E-state index contributed by atoms with van der Waals surface area (Å²) in [6.45, 7) is 0.514. The van der Waals surface area contributed by atoms with Gasteiger partial charge in [-0.3, -0.25) is 0 Å². The Morgan fingerprint density at radius 3 is 3.00 bits per heavy atom. The van der Waals surface area contributed by atoms with Crippen molar-refractivity contribution in [2.45, 2.75) is 25.1 Å². The number of alkyl halides is 2. The number of aliphatic hydroxyl groups is 1. The molecule has 0 radical (unpaired) electrons. The molecule has 0 aromatic rings. The van der Waals surface area contributed by atoms with Crippen molar-refractivity contribution in [1.29, 1.82) is 0 Å². The van der Waals surface area contributed by atoms with Crippen LogP contribution in [0.5, 0.6) is 0 Å². The molecule has 2 heterocycles. The number of nitrogens with zero attached hydrogens (tertiary/aromatic N) is 1. The highest BCUT2D eigenvalue weighted by Gasteiger charge is 2.55. The molecule has 2 aliphatic heterocycles. The zero-order chi connectivity index (χ0) is 10.3. The van der Waals surface area contributed by atoms with Crippen molar-refractivity contribution >= 4 is 5.71 Å². The van der Waals surface area contributed by atoms with Crippen LogP contribution in [-0.2, 0) is 9.57 Å². The molecular formula is C8H11F2NO3. The van der Waals surface area contributed by atoms with Gasteiger partial charge in [0.15, 0.2) is 6.10 Å². The van der Waals surface area contributed by atoms with Crippen LogP contribution in [0.2, 0.25) is 0 Å². The van der Waals surface area contributed by atoms with Crippen molar-refractivity contribution in [2.75, 3.05) is 13.2 Å². The second kappa shape index (κ2) is 3.13. The standard InChI is InChI=1S/C8H11F2NO3/c1-4-6-5(14-11-4)2-13-7(6)8(9,10)3-12/h5-7,12H,2-3H2,1H3/t5-,6-,7-/m1/s1. The molecule has 1 fully saturated rings. The summed E-state index contributed by atoms with van der Waals surface area (Å²) < 4.78 is 31.3. The van der Waals surface area contributed by atoms with E-state index in [-0.39, 0.29) is 6.61 Å². The quantitative estimate of drug-likeness (QED) is 0.713. The highest BCUT2D eigenvalue weighted by atomic mass is 19.3. The monoisotopic (exact) mass is 207 g/mol. The van der Waals surface area contributed by atoms with Gasteiger partial charge in [0, 0.05) is 0 Å². The normalized spacial score (nSPS) is 36.6. The summed E-state index contributed by atoms with van der Waals surface area (Å²) in [6, 6.07) is 0. The molecule has 2 rings (SSSR count). The molecule has 0 aromatic heterocycles. The van der Waals surface area contributed by atoms with Crippen molar-refractivity contribution in [3.8, 4) is 0 Å². The van der Waals surface area contributed by atoms with Crippen molar-refractivity contribution in [2.24, 2.45) is 11.1 Å². The van der Waals surface area contributed by atoms with Gasteiger partial charge in [0.25, 0.3) is 5.92 Å². The Hall–Kier alpha value is -0.750. The fraction of sp³-hybridized carbons (Fsp3) is 0.875. The van der Waals surface area contributed by atoms with Gasteiger partial charge < -0.3 is 14.7 Å². The fourth-order valence-corrected chi connectivity index (χ4v) is 1.87. The summed E-state index contributed by atoms with van der Waals surface area (Å²) >= 11 is 0. The first kappa shape index (κ1) is 9.79. The lowest BCUT2D eigenvalue weighted by molar-refractivity contribution is -0.147. The molecule has 3 atom stereocenters. The molecule has 1 saturated heterocycles. The lowest BCUT2D eigenvalue weighted by Gasteiger charge is -2.23. The van der Waals surface area contributed by atoms with E-state index in [0.717, 1.165) is 0 Å². The Morgan fingerprint density at radius 1 is 1.64 bits per heavy atom. The van der Waals surface area contributed by atoms with Crippen molar-refractivity contribution < 1.29 is 23.5 Å². The molecule has 0 bridgehead atoms. The van der Waals surface area contributed by atoms with Gasteiger partial charge in [0.1, 0.15) is 12.7 Å². The molecule has 6 heteroatoms. The van der Waals surface area contributed by atoms with Crippen LogP contribution in [0.15, 0.2) is 5.16 Å². The number of hydrogen-bond donors (Lipinski definition) is 1. The first-order chi connectivity index (χ1) is 6.56. The lowest BCUT2D eigenvalue weighted by Crippen LogP contribution is -2.43. The molecule has 0 aliphatic carbocycles. The van der Waals surface area contributed by atoms with Crippen LogP contribution in [0.1, 0.15) is 6.92 Å². The summed E-state index contributed by atoms with van der Waals surface area (Å²) in [5, 5.41) is 12.2. The van der Waals surface area contributed by atoms with Crippen LogP contribution >= 0.6 is 0 Å². The SMILES string of the molecule is CC1=NO[C@@H]2CO[C@@H](C(F)(F)CO)[C@H]12. The number of aliphatic hydroxyl groups excluding tert-OH is 1. The number of ether oxygens (including phenoxy) is 1. The minimum Gasteiger partial charge on any atom is -0.390 e. The highest BCUT2D eigenvalue weighted by Crippen LogP contribution is 2.38. The zero-order valence-corrected chi connectivity index (χ0v) is 7.61. The van der Waals surface area contributed by atoms with E-state index in [1.807, 2.05) is 0 Å². The molecule has 4 nitrogen and oxygen atoms in total. The number of fused-ring (bicyclic) bond motifs is 1. The van der Waals surface area contributed by atoms with Gasteiger partial charge in [-0.05, 0) is 6.92 Å². The first-order valence-corrected chi connectivity index (χ1v) is 4.37. The maximum absolute atomic E-state index is 13.2. The van der Waals surface area contributed by atoms with E-state index >= 15 is 0 Å². The number of halogens is 2. The van der Waals surface area contributed by atoms with E-state index in [4.69, 9.17) is 14.7 Å². The molecule has 0 aromatic carbocycles. The fourth-order valence-electron chi connectivity index (χ4n) is 1.87. The maximum atomic E-state index is 13.2. The van der Waals surface area contributed by atoms with Gasteiger partial charge in [-0.15, -0.1) is 0 Å². The molecule has 0 spiro atoms. The Balaban J connectivity index is 2.19. The van der Waals surface area contributed by atoms with Gasteiger partial charge in [0.2, 0.25) is 0 Å². The Morgan fingerprint density at radius 2 is 2.36 bits per heavy atom. The van der Waals surface area contributed by atoms with E-state index in [1.54, 1.807) is 6.92 Å². The van der Waals surface area contributed by atoms with Gasteiger partial charge in [-0.25, -0.2) is 8.78 Å². The first-order valence-electron chi connectivity index (χ1n) is 4.37. The van der Waals surface area contributed by atoms with Crippen LogP contribution in [0.4, 0.5) is 8.78 Å².